The minimum Gasteiger partial charge on any atom is -0.464 e. The number of nitrogen functional groups attached to an aromatic ring is 1. The largest absolute Gasteiger partial charge is 0.464 e. The van der Waals surface area contributed by atoms with Crippen LogP contribution in [0.2, 0.25) is 0 Å². The number of ether oxygens (including phenoxy) is 3. The van der Waals surface area contributed by atoms with E-state index in [4.69, 9.17) is 15.2 Å². The first-order valence-electron chi connectivity index (χ1n) is 9.96. The van der Waals surface area contributed by atoms with Crippen molar-refractivity contribution in [3.05, 3.63) is 12.2 Å². The van der Waals surface area contributed by atoms with Gasteiger partial charge in [0.05, 0.1) is 19.5 Å². The molecule has 0 unspecified atom stereocenters. The molecule has 0 radical (unpaired) electrons. The number of aromatic nitrogens is 4. The summed E-state index contributed by atoms with van der Waals surface area (Å²) in [6.07, 6.45) is -2.05. The van der Waals surface area contributed by atoms with Crippen molar-refractivity contribution in [2.75, 3.05) is 18.9 Å². The van der Waals surface area contributed by atoms with E-state index in [0.717, 1.165) is 12.8 Å². The number of hydrogen-bond donors (Lipinski definition) is 5. The van der Waals surface area contributed by atoms with Crippen molar-refractivity contribution in [3.63, 3.8) is 0 Å². The van der Waals surface area contributed by atoms with Gasteiger partial charge in [-0.15, -0.1) is 0 Å². The van der Waals surface area contributed by atoms with Crippen molar-refractivity contribution in [2.24, 2.45) is 0 Å². The van der Waals surface area contributed by atoms with Gasteiger partial charge in [0.25, 0.3) is 5.85 Å². The second-order valence-corrected chi connectivity index (χ2v) is 9.29. The molecule has 0 aromatic carbocycles. The molecule has 1 aliphatic carbocycles. The first-order valence-corrected chi connectivity index (χ1v) is 11.6. The number of carbonyl (C=O) groups is 1. The van der Waals surface area contributed by atoms with Crippen LogP contribution in [-0.4, -0.2) is 82.9 Å². The number of rotatable bonds is 8. The van der Waals surface area contributed by atoms with Crippen LogP contribution in [-0.2, 0) is 23.6 Å². The Morgan fingerprint density at radius 1 is 1.34 bits per heavy atom. The van der Waals surface area contributed by atoms with E-state index in [9.17, 15) is 29.4 Å². The average Bonchev–Trinajstić information content (AvgIpc) is 3.42. The van der Waals surface area contributed by atoms with Crippen molar-refractivity contribution >= 4 is 30.5 Å². The molecular weight excluding hydrogens is 449 g/mol. The normalized spacial score (nSPS) is 27.0. The van der Waals surface area contributed by atoms with Crippen molar-refractivity contribution in [1.29, 1.82) is 0 Å². The van der Waals surface area contributed by atoms with Gasteiger partial charge in [-0.25, -0.2) is 19.7 Å². The highest BCUT2D eigenvalue weighted by molar-refractivity contribution is 7.53. The van der Waals surface area contributed by atoms with Gasteiger partial charge in [0, 0.05) is 5.92 Å². The molecule has 2 fully saturated rings. The zero-order valence-corrected chi connectivity index (χ0v) is 17.9. The summed E-state index contributed by atoms with van der Waals surface area (Å²) < 4.78 is 28.4. The summed E-state index contributed by atoms with van der Waals surface area (Å²) in [7, 11) is -5.01. The number of anilines is 1. The summed E-state index contributed by atoms with van der Waals surface area (Å²) >= 11 is 0. The summed E-state index contributed by atoms with van der Waals surface area (Å²) in [5, 5.41) is 20.9. The standard InChI is InChI=1S/C17H24N5O9P/c1-2-29-16(25)17(32(26,27)28)30-5-8-10(23)11(24)15(31-8)22-6-19-9-12(18)20-13(7-3-4-7)21-14(9)22/h6-8,10-11,15,17,23-24H,2-5H2,1H3,(H2,18,20,21)(H2,26,27,28)/t8-,10-,11-,15-,17-/m1/s1. The van der Waals surface area contributed by atoms with Crippen LogP contribution in [0.25, 0.3) is 11.2 Å². The molecule has 32 heavy (non-hydrogen) atoms. The van der Waals surface area contributed by atoms with Crippen LogP contribution in [0.4, 0.5) is 5.82 Å². The van der Waals surface area contributed by atoms with E-state index in [0.29, 0.717) is 17.0 Å². The lowest BCUT2D eigenvalue weighted by molar-refractivity contribution is -0.155. The molecule has 0 amide bonds. The van der Waals surface area contributed by atoms with E-state index in [2.05, 4.69) is 19.7 Å². The highest BCUT2D eigenvalue weighted by Crippen LogP contribution is 2.43. The van der Waals surface area contributed by atoms with Crippen LogP contribution in [0.3, 0.4) is 0 Å². The summed E-state index contributed by atoms with van der Waals surface area (Å²) in [4.78, 5) is 43.5. The quantitative estimate of drug-likeness (QED) is 0.230. The highest BCUT2D eigenvalue weighted by Gasteiger charge is 2.46. The molecule has 4 rings (SSSR count). The lowest BCUT2D eigenvalue weighted by atomic mass is 10.1. The van der Waals surface area contributed by atoms with Gasteiger partial charge < -0.3 is 39.9 Å². The maximum atomic E-state index is 11.8. The smallest absolute Gasteiger partial charge is 0.365 e. The van der Waals surface area contributed by atoms with Gasteiger partial charge in [0.1, 0.15) is 29.7 Å². The fraction of sp³-hybridized carbons (Fsp3) is 0.647. The van der Waals surface area contributed by atoms with Crippen LogP contribution in [0, 0.1) is 0 Å². The topological polar surface area (TPSA) is 212 Å². The predicted molar refractivity (Wildman–Crippen MR) is 106 cm³/mol. The van der Waals surface area contributed by atoms with E-state index < -0.39 is 50.6 Å². The zero-order chi connectivity index (χ0) is 23.2. The Bertz CT molecular complexity index is 1050. The van der Waals surface area contributed by atoms with Crippen molar-refractivity contribution in [1.82, 2.24) is 19.5 Å². The van der Waals surface area contributed by atoms with E-state index in [1.165, 1.54) is 17.8 Å². The Morgan fingerprint density at radius 3 is 2.69 bits per heavy atom. The fourth-order valence-electron chi connectivity index (χ4n) is 3.46. The Kier molecular flexibility index (Phi) is 6.20. The first kappa shape index (κ1) is 23.0. The molecule has 2 aromatic rings. The third-order valence-corrected chi connectivity index (χ3v) is 6.20. The molecule has 6 N–H and O–H groups in total. The maximum Gasteiger partial charge on any atom is 0.365 e. The van der Waals surface area contributed by atoms with Crippen LogP contribution in [0.15, 0.2) is 6.33 Å². The number of hydrogen-bond acceptors (Lipinski definition) is 11. The molecule has 2 aliphatic rings. The van der Waals surface area contributed by atoms with Crippen LogP contribution >= 0.6 is 7.60 Å². The van der Waals surface area contributed by atoms with Gasteiger partial charge in [-0.05, 0) is 19.8 Å². The van der Waals surface area contributed by atoms with Crippen LogP contribution < -0.4 is 5.73 Å². The number of carbonyl (C=O) groups excluding carboxylic acids is 1. The molecule has 1 aliphatic heterocycles. The molecule has 5 atom stereocenters. The Hall–Kier alpha value is -2.19. The van der Waals surface area contributed by atoms with Crippen molar-refractivity contribution in [3.8, 4) is 0 Å². The van der Waals surface area contributed by atoms with E-state index >= 15 is 0 Å². The average molecular weight is 473 g/mol. The van der Waals surface area contributed by atoms with Crippen molar-refractivity contribution < 1.29 is 43.6 Å². The van der Waals surface area contributed by atoms with Gasteiger partial charge in [-0.3, -0.25) is 9.13 Å². The third kappa shape index (κ3) is 4.35. The van der Waals surface area contributed by atoms with Gasteiger partial charge in [-0.2, -0.15) is 0 Å². The number of nitrogens with zero attached hydrogens (tertiary/aromatic N) is 4. The van der Waals surface area contributed by atoms with Gasteiger partial charge in [0.15, 0.2) is 17.7 Å². The van der Waals surface area contributed by atoms with E-state index in [1.807, 2.05) is 0 Å². The molecule has 1 saturated heterocycles. The summed E-state index contributed by atoms with van der Waals surface area (Å²) in [6.45, 7) is 0.768. The SMILES string of the molecule is CCOC(=O)[C@H](OC[C@H]1O[C@@H](n2cnc3c(N)nc(C4CC4)nc32)[C@H](O)[C@@H]1O)P(=O)(O)O. The predicted octanol–water partition coefficient (Wildman–Crippen LogP) is -1.01. The molecular formula is C17H24N5O9P. The summed E-state index contributed by atoms with van der Waals surface area (Å²) in [5.74, 6) is -2.48. The van der Waals surface area contributed by atoms with Gasteiger partial charge in [-0.1, -0.05) is 0 Å². The lowest BCUT2D eigenvalue weighted by Crippen LogP contribution is -2.36. The second kappa shape index (κ2) is 8.63. The van der Waals surface area contributed by atoms with Gasteiger partial charge >= 0.3 is 13.6 Å². The van der Waals surface area contributed by atoms with Gasteiger partial charge in [0.2, 0.25) is 0 Å². The molecule has 0 bridgehead atoms. The summed E-state index contributed by atoms with van der Waals surface area (Å²) in [6, 6.07) is 0. The highest BCUT2D eigenvalue weighted by atomic mass is 31.2. The number of esters is 1. The number of aliphatic hydroxyl groups excluding tert-OH is 2. The number of fused-ring (bicyclic) bond motifs is 1. The molecule has 176 valence electrons. The molecule has 3 heterocycles. The number of aliphatic hydroxyl groups is 2. The molecule has 15 heteroatoms. The lowest BCUT2D eigenvalue weighted by Gasteiger charge is -2.20. The molecule has 14 nitrogen and oxygen atoms in total. The van der Waals surface area contributed by atoms with E-state index in [1.54, 1.807) is 0 Å². The monoisotopic (exact) mass is 473 g/mol. The summed E-state index contributed by atoms with van der Waals surface area (Å²) in [5.41, 5.74) is 6.61. The number of nitrogens with two attached hydrogens (primary N) is 1. The molecule has 2 aromatic heterocycles. The van der Waals surface area contributed by atoms with Crippen LogP contribution in [0.1, 0.15) is 37.7 Å². The van der Waals surface area contributed by atoms with E-state index in [-0.39, 0.29) is 18.3 Å². The minimum absolute atomic E-state index is 0.108. The number of imidazole rings is 1. The van der Waals surface area contributed by atoms with Crippen molar-refractivity contribution in [2.45, 2.75) is 56.1 Å². The Labute approximate surface area is 181 Å². The minimum atomic E-state index is -5.01. The zero-order valence-electron chi connectivity index (χ0n) is 17.0. The third-order valence-electron chi connectivity index (χ3n) is 5.23. The Morgan fingerprint density at radius 2 is 2.06 bits per heavy atom. The maximum absolute atomic E-state index is 11.8. The Balaban J connectivity index is 1.53. The van der Waals surface area contributed by atoms with Crippen LogP contribution in [0.5, 0.6) is 0 Å². The first-order chi connectivity index (χ1) is 15.1. The second-order valence-electron chi connectivity index (χ2n) is 7.64. The molecule has 1 saturated carbocycles. The molecule has 0 spiro atoms. The fourth-order valence-corrected chi connectivity index (χ4v) is 4.09.